The first-order chi connectivity index (χ1) is 5.25. The summed E-state index contributed by atoms with van der Waals surface area (Å²) < 4.78 is 12.2. The highest BCUT2D eigenvalue weighted by Gasteiger charge is 2.30. The second-order valence-corrected chi connectivity index (χ2v) is 3.14. The molecule has 1 rings (SSSR count). The van der Waals surface area contributed by atoms with Crippen LogP contribution < -0.4 is 0 Å². The van der Waals surface area contributed by atoms with Crippen LogP contribution in [0.25, 0.3) is 0 Å². The third-order valence-electron chi connectivity index (χ3n) is 2.45. The lowest BCUT2D eigenvalue weighted by atomic mass is 9.92. The molecule has 1 N–H and O–H groups in total. The molecule has 64 valence electrons. The second-order valence-electron chi connectivity index (χ2n) is 3.14. The zero-order valence-corrected chi connectivity index (χ0v) is 6.42. The van der Waals surface area contributed by atoms with Gasteiger partial charge < -0.3 is 5.11 Å². The van der Waals surface area contributed by atoms with Crippen molar-refractivity contribution in [2.24, 2.45) is 11.8 Å². The van der Waals surface area contributed by atoms with Crippen molar-refractivity contribution in [3.63, 3.8) is 0 Å². The average molecular weight is 160 g/mol. The Bertz CT molecular complexity index is 141. The lowest BCUT2D eigenvalue weighted by molar-refractivity contribution is -0.144. The van der Waals surface area contributed by atoms with E-state index in [9.17, 15) is 9.18 Å². The summed E-state index contributed by atoms with van der Waals surface area (Å²) in [6.45, 7) is -0.708. The average Bonchev–Trinajstić information content (AvgIpc) is 2.40. The molecule has 0 aromatic heterocycles. The molecule has 0 saturated heterocycles. The Kier molecular flexibility index (Phi) is 2.85. The molecule has 1 saturated carbocycles. The minimum Gasteiger partial charge on any atom is -0.481 e. The van der Waals surface area contributed by atoms with Crippen LogP contribution in [0.3, 0.4) is 0 Å². The number of carboxylic acid groups (broad SMARTS) is 1. The van der Waals surface area contributed by atoms with E-state index in [2.05, 4.69) is 0 Å². The molecule has 0 aromatic carbocycles. The van der Waals surface area contributed by atoms with Crippen LogP contribution in [0.2, 0.25) is 0 Å². The lowest BCUT2D eigenvalue weighted by Crippen LogP contribution is -2.23. The Morgan fingerprint density at radius 1 is 1.55 bits per heavy atom. The molecule has 0 heterocycles. The zero-order chi connectivity index (χ0) is 8.27. The molecule has 1 fully saturated rings. The van der Waals surface area contributed by atoms with Gasteiger partial charge in [0, 0.05) is 0 Å². The Labute approximate surface area is 65.4 Å². The molecule has 1 aliphatic carbocycles. The first-order valence-electron chi connectivity index (χ1n) is 4.04. The van der Waals surface area contributed by atoms with Gasteiger partial charge in [-0.25, -0.2) is 0 Å². The molecule has 11 heavy (non-hydrogen) atoms. The number of hydrogen-bond acceptors (Lipinski definition) is 1. The highest BCUT2D eigenvalue weighted by atomic mass is 19.1. The highest BCUT2D eigenvalue weighted by Crippen LogP contribution is 2.31. The number of rotatable bonds is 3. The summed E-state index contributed by atoms with van der Waals surface area (Å²) in [5, 5.41) is 8.59. The minimum absolute atomic E-state index is 0.0949. The van der Waals surface area contributed by atoms with E-state index >= 15 is 0 Å². The Balaban J connectivity index is 2.46. The summed E-state index contributed by atoms with van der Waals surface area (Å²) in [7, 11) is 0. The van der Waals surface area contributed by atoms with E-state index in [0.717, 1.165) is 25.7 Å². The third-order valence-corrected chi connectivity index (χ3v) is 2.45. The van der Waals surface area contributed by atoms with Gasteiger partial charge in [0.05, 0.1) is 5.92 Å². The molecule has 0 aromatic rings. The molecular weight excluding hydrogens is 147 g/mol. The van der Waals surface area contributed by atoms with Crippen molar-refractivity contribution < 1.29 is 14.3 Å². The molecule has 0 radical (unpaired) electrons. The van der Waals surface area contributed by atoms with Gasteiger partial charge in [0.2, 0.25) is 0 Å². The summed E-state index contributed by atoms with van der Waals surface area (Å²) in [4.78, 5) is 10.5. The SMILES string of the molecule is O=C(O)C(CF)C1CCCC1. The summed E-state index contributed by atoms with van der Waals surface area (Å²) in [6.07, 6.45) is 3.91. The second kappa shape index (κ2) is 3.69. The van der Waals surface area contributed by atoms with E-state index < -0.39 is 18.6 Å². The predicted molar refractivity (Wildman–Crippen MR) is 39.1 cm³/mol. The number of alkyl halides is 1. The van der Waals surface area contributed by atoms with E-state index in [0.29, 0.717) is 0 Å². The Morgan fingerprint density at radius 3 is 2.45 bits per heavy atom. The molecule has 3 heteroatoms. The fourth-order valence-corrected chi connectivity index (χ4v) is 1.75. The van der Waals surface area contributed by atoms with Crippen LogP contribution in [-0.2, 0) is 4.79 Å². The van der Waals surface area contributed by atoms with Crippen molar-refractivity contribution in [2.45, 2.75) is 25.7 Å². The van der Waals surface area contributed by atoms with Crippen LogP contribution in [0.1, 0.15) is 25.7 Å². The molecular formula is C8H13FO2. The van der Waals surface area contributed by atoms with Crippen LogP contribution in [0.4, 0.5) is 4.39 Å². The number of carbonyl (C=O) groups is 1. The summed E-state index contributed by atoms with van der Waals surface area (Å²) in [5.41, 5.74) is 0. The van der Waals surface area contributed by atoms with Gasteiger partial charge >= 0.3 is 5.97 Å². The zero-order valence-electron chi connectivity index (χ0n) is 6.42. The van der Waals surface area contributed by atoms with Crippen LogP contribution >= 0.6 is 0 Å². The molecule has 1 unspecified atom stereocenters. The number of aliphatic carboxylic acids is 1. The van der Waals surface area contributed by atoms with Gasteiger partial charge in [-0.3, -0.25) is 9.18 Å². The molecule has 2 nitrogen and oxygen atoms in total. The summed E-state index contributed by atoms with van der Waals surface area (Å²) in [5.74, 6) is -1.62. The Morgan fingerprint density at radius 2 is 2.09 bits per heavy atom. The van der Waals surface area contributed by atoms with Crippen molar-refractivity contribution in [3.8, 4) is 0 Å². The first-order valence-corrected chi connectivity index (χ1v) is 4.04. The van der Waals surface area contributed by atoms with Crippen molar-refractivity contribution in [3.05, 3.63) is 0 Å². The van der Waals surface area contributed by atoms with E-state index in [4.69, 9.17) is 5.11 Å². The molecule has 1 atom stereocenters. The van der Waals surface area contributed by atoms with E-state index in [1.165, 1.54) is 0 Å². The minimum atomic E-state index is -0.973. The monoisotopic (exact) mass is 160 g/mol. The lowest BCUT2D eigenvalue weighted by Gasteiger charge is -2.14. The third kappa shape index (κ3) is 1.91. The van der Waals surface area contributed by atoms with E-state index in [1.54, 1.807) is 0 Å². The maximum atomic E-state index is 12.2. The van der Waals surface area contributed by atoms with Gasteiger partial charge in [-0.15, -0.1) is 0 Å². The molecule has 0 amide bonds. The van der Waals surface area contributed by atoms with Gasteiger partial charge in [0.15, 0.2) is 0 Å². The van der Waals surface area contributed by atoms with Crippen molar-refractivity contribution in [2.75, 3.05) is 6.67 Å². The van der Waals surface area contributed by atoms with Gasteiger partial charge in [-0.05, 0) is 18.8 Å². The smallest absolute Gasteiger partial charge is 0.309 e. The number of hydrogen-bond donors (Lipinski definition) is 1. The van der Waals surface area contributed by atoms with Crippen molar-refractivity contribution in [1.82, 2.24) is 0 Å². The maximum absolute atomic E-state index is 12.2. The molecule has 0 bridgehead atoms. The summed E-state index contributed by atoms with van der Waals surface area (Å²) >= 11 is 0. The largest absolute Gasteiger partial charge is 0.481 e. The van der Waals surface area contributed by atoms with E-state index in [-0.39, 0.29) is 5.92 Å². The van der Waals surface area contributed by atoms with Crippen LogP contribution in [0.15, 0.2) is 0 Å². The van der Waals surface area contributed by atoms with Crippen LogP contribution in [0.5, 0.6) is 0 Å². The number of carboxylic acids is 1. The quantitative estimate of drug-likeness (QED) is 0.684. The van der Waals surface area contributed by atoms with Crippen molar-refractivity contribution >= 4 is 5.97 Å². The highest BCUT2D eigenvalue weighted by molar-refractivity contribution is 5.70. The Hall–Kier alpha value is -0.600. The molecule has 1 aliphatic rings. The fourth-order valence-electron chi connectivity index (χ4n) is 1.75. The maximum Gasteiger partial charge on any atom is 0.309 e. The first kappa shape index (κ1) is 8.50. The van der Waals surface area contributed by atoms with E-state index in [1.807, 2.05) is 0 Å². The van der Waals surface area contributed by atoms with Gasteiger partial charge in [-0.2, -0.15) is 0 Å². The van der Waals surface area contributed by atoms with Crippen LogP contribution in [0, 0.1) is 11.8 Å². The predicted octanol–water partition coefficient (Wildman–Crippen LogP) is 1.85. The van der Waals surface area contributed by atoms with Gasteiger partial charge in [0.25, 0.3) is 0 Å². The fraction of sp³-hybridized carbons (Fsp3) is 0.875. The normalized spacial score (nSPS) is 21.9. The van der Waals surface area contributed by atoms with Crippen molar-refractivity contribution in [1.29, 1.82) is 0 Å². The van der Waals surface area contributed by atoms with Crippen LogP contribution in [-0.4, -0.2) is 17.8 Å². The molecule has 0 aliphatic heterocycles. The van der Waals surface area contributed by atoms with Gasteiger partial charge in [-0.1, -0.05) is 12.8 Å². The van der Waals surface area contributed by atoms with Gasteiger partial charge in [0.1, 0.15) is 6.67 Å². The number of halogens is 1. The topological polar surface area (TPSA) is 37.3 Å². The standard InChI is InChI=1S/C8H13FO2/c9-5-7(8(10)11)6-3-1-2-4-6/h6-7H,1-5H2,(H,10,11). The summed E-state index contributed by atoms with van der Waals surface area (Å²) in [6, 6.07) is 0. The molecule has 0 spiro atoms.